The van der Waals surface area contributed by atoms with Gasteiger partial charge in [0.15, 0.2) is 5.82 Å². The molecule has 0 aliphatic heterocycles. The lowest BCUT2D eigenvalue weighted by atomic mass is 10.1. The minimum absolute atomic E-state index is 0.141. The molecule has 0 amide bonds. The number of nitrogens with zero attached hydrogens (tertiary/aromatic N) is 2. The van der Waals surface area contributed by atoms with Crippen molar-refractivity contribution in [3.63, 3.8) is 0 Å². The summed E-state index contributed by atoms with van der Waals surface area (Å²) in [5.41, 5.74) is 0.994. The number of fused-ring (bicyclic) bond motifs is 1. The van der Waals surface area contributed by atoms with E-state index in [-0.39, 0.29) is 5.58 Å². The van der Waals surface area contributed by atoms with Crippen LogP contribution in [0.1, 0.15) is 19.3 Å². The Morgan fingerprint density at radius 3 is 3.06 bits per heavy atom. The zero-order valence-corrected chi connectivity index (χ0v) is 10.2. The highest BCUT2D eigenvalue weighted by Gasteiger charge is 2.13. The predicted octanol–water partition coefficient (Wildman–Crippen LogP) is 4.35. The van der Waals surface area contributed by atoms with Crippen LogP contribution in [0.2, 0.25) is 0 Å². The lowest BCUT2D eigenvalue weighted by molar-refractivity contribution is 0.442. The molecule has 0 radical (unpaired) electrons. The fourth-order valence-corrected chi connectivity index (χ4v) is 2.24. The maximum absolute atomic E-state index is 13.4. The fraction of sp³-hybridized carbons (Fsp3) is 0.231. The Bertz CT molecular complexity index is 660. The van der Waals surface area contributed by atoms with Gasteiger partial charge in [0.25, 0.3) is 0 Å². The molecule has 3 nitrogen and oxygen atoms in total. The number of rotatable bonds is 1. The average molecular weight is 265 g/mol. The number of halogens is 2. The van der Waals surface area contributed by atoms with Crippen LogP contribution in [0.25, 0.3) is 11.0 Å². The molecule has 0 spiro atoms. The molecule has 0 atom stereocenters. The molecule has 1 aromatic carbocycles. The molecule has 1 heterocycles. The Kier molecular flexibility index (Phi) is 2.88. The number of aliphatic imine (C=N–C) groups is 1. The van der Waals surface area contributed by atoms with Crippen LogP contribution in [0.5, 0.6) is 0 Å². The maximum Gasteiger partial charge on any atom is 0.204 e. The van der Waals surface area contributed by atoms with E-state index in [1.807, 2.05) is 6.08 Å². The second-order valence-corrected chi connectivity index (χ2v) is 4.66. The summed E-state index contributed by atoms with van der Waals surface area (Å²) in [4.78, 5) is 4.38. The predicted molar refractivity (Wildman–Crippen MR) is 68.8 cm³/mol. The molecular weight excluding hydrogens is 255 g/mol. The summed E-state index contributed by atoms with van der Waals surface area (Å²) in [6.45, 7) is 0. The lowest BCUT2D eigenvalue weighted by Crippen LogP contribution is -2.00. The minimum Gasteiger partial charge on any atom is -0.351 e. The number of hydrogen-bond acceptors (Lipinski definition) is 3. The molecule has 18 heavy (non-hydrogen) atoms. The zero-order chi connectivity index (χ0) is 12.5. The van der Waals surface area contributed by atoms with Crippen molar-refractivity contribution in [1.29, 1.82) is 0 Å². The lowest BCUT2D eigenvalue weighted by Gasteiger charge is -2.08. The van der Waals surface area contributed by atoms with Crippen LogP contribution in [0.4, 0.5) is 10.2 Å². The van der Waals surface area contributed by atoms with Gasteiger partial charge in [-0.3, -0.25) is 0 Å². The van der Waals surface area contributed by atoms with E-state index >= 15 is 0 Å². The van der Waals surface area contributed by atoms with E-state index in [0.717, 1.165) is 30.0 Å². The fourth-order valence-electron chi connectivity index (χ4n) is 1.98. The van der Waals surface area contributed by atoms with Gasteiger partial charge in [-0.05, 0) is 37.5 Å². The molecule has 0 saturated carbocycles. The van der Waals surface area contributed by atoms with Crippen LogP contribution in [-0.4, -0.2) is 10.9 Å². The van der Waals surface area contributed by atoms with Crippen molar-refractivity contribution in [2.24, 2.45) is 4.99 Å². The standard InChI is InChI=1S/C13H10ClFN2O/c14-8-3-1-4-9(7-8)16-13-10-5-2-6-11(15)12(10)18-17-13/h2,5-7H,1,3-4H2. The smallest absolute Gasteiger partial charge is 0.204 e. The van der Waals surface area contributed by atoms with Gasteiger partial charge in [-0.15, -0.1) is 0 Å². The Morgan fingerprint density at radius 2 is 2.22 bits per heavy atom. The topological polar surface area (TPSA) is 38.4 Å². The maximum atomic E-state index is 13.4. The van der Waals surface area contributed by atoms with Crippen LogP contribution in [-0.2, 0) is 0 Å². The van der Waals surface area contributed by atoms with Crippen molar-refractivity contribution < 1.29 is 8.91 Å². The normalized spacial score (nSPS) is 18.3. The summed E-state index contributed by atoms with van der Waals surface area (Å²) in [6, 6.07) is 4.69. The first-order valence-corrected chi connectivity index (χ1v) is 6.09. The first-order valence-electron chi connectivity index (χ1n) is 5.71. The third-order valence-corrected chi connectivity index (χ3v) is 3.15. The van der Waals surface area contributed by atoms with Gasteiger partial charge in [0, 0.05) is 10.7 Å². The summed E-state index contributed by atoms with van der Waals surface area (Å²) in [5.74, 6) is -0.0224. The van der Waals surface area contributed by atoms with E-state index in [1.54, 1.807) is 12.1 Å². The molecule has 0 saturated heterocycles. The molecule has 1 aliphatic rings. The summed E-state index contributed by atoms with van der Waals surface area (Å²) in [7, 11) is 0. The highest BCUT2D eigenvalue weighted by Crippen LogP contribution is 2.28. The minimum atomic E-state index is -0.427. The monoisotopic (exact) mass is 264 g/mol. The van der Waals surface area contributed by atoms with Crippen molar-refractivity contribution in [2.45, 2.75) is 19.3 Å². The zero-order valence-electron chi connectivity index (χ0n) is 9.49. The molecule has 3 rings (SSSR count). The van der Waals surface area contributed by atoms with Gasteiger partial charge in [-0.2, -0.15) is 0 Å². The van der Waals surface area contributed by atoms with Gasteiger partial charge in [0.2, 0.25) is 11.4 Å². The van der Waals surface area contributed by atoms with E-state index in [2.05, 4.69) is 10.1 Å². The summed E-state index contributed by atoms with van der Waals surface area (Å²) in [5, 5.41) is 5.17. The molecule has 0 bridgehead atoms. The van der Waals surface area contributed by atoms with Crippen molar-refractivity contribution in [3.05, 3.63) is 35.1 Å². The van der Waals surface area contributed by atoms with E-state index in [9.17, 15) is 4.39 Å². The van der Waals surface area contributed by atoms with Gasteiger partial charge < -0.3 is 4.52 Å². The Hall–Kier alpha value is -1.68. The van der Waals surface area contributed by atoms with E-state index in [4.69, 9.17) is 16.1 Å². The molecule has 2 aromatic rings. The van der Waals surface area contributed by atoms with Crippen LogP contribution in [0.3, 0.4) is 0 Å². The highest BCUT2D eigenvalue weighted by molar-refractivity contribution is 6.31. The van der Waals surface area contributed by atoms with Gasteiger partial charge in [-0.1, -0.05) is 22.8 Å². The Balaban J connectivity index is 2.08. The van der Waals surface area contributed by atoms with Gasteiger partial charge >= 0.3 is 0 Å². The van der Waals surface area contributed by atoms with Crippen LogP contribution >= 0.6 is 11.6 Å². The van der Waals surface area contributed by atoms with Gasteiger partial charge in [0.05, 0.1) is 5.39 Å². The quantitative estimate of drug-likeness (QED) is 0.768. The SMILES string of the molecule is Fc1cccc2c(N=C3C=C(Cl)CCC3)noc12. The second-order valence-electron chi connectivity index (χ2n) is 4.17. The van der Waals surface area contributed by atoms with Crippen molar-refractivity contribution in [3.8, 4) is 0 Å². The first-order chi connectivity index (χ1) is 8.74. The van der Waals surface area contributed by atoms with E-state index in [1.165, 1.54) is 6.07 Å². The number of benzene rings is 1. The largest absolute Gasteiger partial charge is 0.351 e. The summed E-state index contributed by atoms with van der Waals surface area (Å²) < 4.78 is 18.4. The third-order valence-electron chi connectivity index (χ3n) is 2.85. The van der Waals surface area contributed by atoms with Gasteiger partial charge in [0.1, 0.15) is 0 Å². The number of aromatic nitrogens is 1. The third kappa shape index (κ3) is 2.04. The number of allylic oxidation sites excluding steroid dienone is 2. The highest BCUT2D eigenvalue weighted by atomic mass is 35.5. The van der Waals surface area contributed by atoms with E-state index in [0.29, 0.717) is 11.2 Å². The van der Waals surface area contributed by atoms with Crippen LogP contribution in [0.15, 0.2) is 38.8 Å². The van der Waals surface area contributed by atoms with Crippen molar-refractivity contribution in [2.75, 3.05) is 0 Å². The Labute approximate surface area is 108 Å². The number of hydrogen-bond donors (Lipinski definition) is 0. The molecule has 1 aliphatic carbocycles. The summed E-state index contributed by atoms with van der Waals surface area (Å²) in [6.07, 6.45) is 4.54. The van der Waals surface area contributed by atoms with Crippen LogP contribution in [0, 0.1) is 5.82 Å². The Morgan fingerprint density at radius 1 is 1.33 bits per heavy atom. The van der Waals surface area contributed by atoms with Crippen LogP contribution < -0.4 is 0 Å². The molecule has 5 heteroatoms. The second kappa shape index (κ2) is 4.53. The molecule has 0 fully saturated rings. The van der Waals surface area contributed by atoms with Crippen molar-refractivity contribution >= 4 is 34.1 Å². The van der Waals surface area contributed by atoms with Gasteiger partial charge in [-0.25, -0.2) is 9.38 Å². The van der Waals surface area contributed by atoms with Crippen molar-refractivity contribution in [1.82, 2.24) is 5.16 Å². The average Bonchev–Trinajstić information content (AvgIpc) is 2.74. The first kappa shape index (κ1) is 11.4. The molecular formula is C13H10ClFN2O. The number of para-hydroxylation sites is 1. The molecule has 0 N–H and O–H groups in total. The molecule has 1 aromatic heterocycles. The molecule has 0 unspecified atom stereocenters. The van der Waals surface area contributed by atoms with E-state index < -0.39 is 5.82 Å². The molecule has 92 valence electrons. The summed E-state index contributed by atoms with van der Waals surface area (Å²) >= 11 is 5.97.